The molecule has 124 valence electrons. The first-order valence-corrected chi connectivity index (χ1v) is 7.97. The first-order chi connectivity index (χ1) is 10.3. The molecule has 0 aliphatic heterocycles. The minimum atomic E-state index is -0.446. The molecule has 0 atom stereocenters. The van der Waals surface area contributed by atoms with Gasteiger partial charge in [0.2, 0.25) is 0 Å². The van der Waals surface area contributed by atoms with Crippen LogP contribution < -0.4 is 10.6 Å². The molecule has 0 unspecified atom stereocenters. The molecule has 1 saturated carbocycles. The van der Waals surface area contributed by atoms with Crippen molar-refractivity contribution in [2.45, 2.75) is 77.6 Å². The summed E-state index contributed by atoms with van der Waals surface area (Å²) in [6.07, 6.45) is 3.69. The summed E-state index contributed by atoms with van der Waals surface area (Å²) in [6, 6.07) is 2.62. The van der Waals surface area contributed by atoms with Crippen LogP contribution in [0.3, 0.4) is 0 Å². The van der Waals surface area contributed by atoms with Gasteiger partial charge in [-0.15, -0.1) is 0 Å². The van der Waals surface area contributed by atoms with Crippen molar-refractivity contribution in [3.05, 3.63) is 17.5 Å². The number of carbonyl (C=O) groups excluding carboxylic acids is 1. The summed E-state index contributed by atoms with van der Waals surface area (Å²) < 4.78 is 10.3. The maximum absolute atomic E-state index is 11.8. The van der Waals surface area contributed by atoms with E-state index in [0.717, 1.165) is 43.7 Å². The van der Waals surface area contributed by atoms with Gasteiger partial charge in [-0.3, -0.25) is 0 Å². The Kier molecular flexibility index (Phi) is 5.45. The maximum Gasteiger partial charge on any atom is 0.407 e. The van der Waals surface area contributed by atoms with Crippen molar-refractivity contribution in [1.29, 1.82) is 0 Å². The van der Waals surface area contributed by atoms with E-state index in [1.54, 1.807) is 0 Å². The van der Waals surface area contributed by atoms with Crippen LogP contribution in [0.15, 0.2) is 10.6 Å². The van der Waals surface area contributed by atoms with Crippen LogP contribution in [-0.2, 0) is 11.3 Å². The van der Waals surface area contributed by atoms with Gasteiger partial charge in [0.05, 0.1) is 5.69 Å². The molecule has 2 N–H and O–H groups in total. The second kappa shape index (κ2) is 7.13. The number of hydrogen-bond acceptors (Lipinski definition) is 5. The minimum Gasteiger partial charge on any atom is -0.444 e. The van der Waals surface area contributed by atoms with Gasteiger partial charge in [-0.1, -0.05) is 5.16 Å². The molecule has 1 aromatic heterocycles. The average molecular weight is 309 g/mol. The van der Waals surface area contributed by atoms with E-state index in [2.05, 4.69) is 15.8 Å². The van der Waals surface area contributed by atoms with Crippen LogP contribution in [0.4, 0.5) is 4.79 Å². The molecule has 1 aliphatic carbocycles. The first-order valence-electron chi connectivity index (χ1n) is 7.97. The smallest absolute Gasteiger partial charge is 0.407 e. The normalized spacial score (nSPS) is 22.4. The summed E-state index contributed by atoms with van der Waals surface area (Å²) in [4.78, 5) is 11.8. The number of hydrogen-bond donors (Lipinski definition) is 2. The zero-order valence-electron chi connectivity index (χ0n) is 13.9. The lowest BCUT2D eigenvalue weighted by Gasteiger charge is -2.30. The fourth-order valence-corrected chi connectivity index (χ4v) is 2.67. The zero-order chi connectivity index (χ0) is 16.2. The summed E-state index contributed by atoms with van der Waals surface area (Å²) >= 11 is 0. The lowest BCUT2D eigenvalue weighted by atomic mass is 9.91. The van der Waals surface area contributed by atoms with Gasteiger partial charge in [-0.25, -0.2) is 4.79 Å². The number of alkyl carbamates (subject to hydrolysis) is 1. The van der Waals surface area contributed by atoms with E-state index in [1.807, 2.05) is 33.8 Å². The Morgan fingerprint density at radius 1 is 1.32 bits per heavy atom. The molecular formula is C16H27N3O3. The molecule has 1 aliphatic rings. The molecule has 22 heavy (non-hydrogen) atoms. The average Bonchev–Trinajstić information content (AvgIpc) is 2.81. The van der Waals surface area contributed by atoms with Crippen molar-refractivity contribution in [2.24, 2.45) is 0 Å². The van der Waals surface area contributed by atoms with E-state index >= 15 is 0 Å². The van der Waals surface area contributed by atoms with E-state index < -0.39 is 5.60 Å². The summed E-state index contributed by atoms with van der Waals surface area (Å²) in [5.74, 6) is 0.835. The highest BCUT2D eigenvalue weighted by molar-refractivity contribution is 5.68. The third kappa shape index (κ3) is 5.67. The minimum absolute atomic E-state index is 0.210. The monoisotopic (exact) mass is 309 g/mol. The van der Waals surface area contributed by atoms with Crippen molar-refractivity contribution in [1.82, 2.24) is 15.8 Å². The lowest BCUT2D eigenvalue weighted by molar-refractivity contribution is 0.0489. The summed E-state index contributed by atoms with van der Waals surface area (Å²) in [5, 5.41) is 10.4. The quantitative estimate of drug-likeness (QED) is 0.894. The van der Waals surface area contributed by atoms with E-state index in [0.29, 0.717) is 6.04 Å². The van der Waals surface area contributed by atoms with Gasteiger partial charge in [-0.05, 0) is 53.4 Å². The number of aromatic nitrogens is 1. The first kappa shape index (κ1) is 16.8. The summed E-state index contributed by atoms with van der Waals surface area (Å²) in [5.41, 5.74) is 0.491. The molecule has 1 heterocycles. The number of nitrogens with one attached hydrogen (secondary N) is 2. The van der Waals surface area contributed by atoms with Gasteiger partial charge in [0.15, 0.2) is 0 Å². The van der Waals surface area contributed by atoms with Crippen LogP contribution in [0.5, 0.6) is 0 Å². The Morgan fingerprint density at radius 3 is 2.50 bits per heavy atom. The van der Waals surface area contributed by atoms with Crippen molar-refractivity contribution in [3.63, 3.8) is 0 Å². The highest BCUT2D eigenvalue weighted by atomic mass is 16.6. The molecule has 6 nitrogen and oxygen atoms in total. The molecule has 1 amide bonds. The molecule has 6 heteroatoms. The Balaban J connectivity index is 1.66. The third-order valence-corrected chi connectivity index (χ3v) is 3.70. The van der Waals surface area contributed by atoms with Crippen LogP contribution >= 0.6 is 0 Å². The van der Waals surface area contributed by atoms with Crippen molar-refractivity contribution >= 4 is 6.09 Å². The van der Waals surface area contributed by atoms with E-state index in [1.165, 1.54) is 0 Å². The molecule has 1 fully saturated rings. The van der Waals surface area contributed by atoms with Crippen LogP contribution in [0.2, 0.25) is 0 Å². The highest BCUT2D eigenvalue weighted by Crippen LogP contribution is 2.19. The van der Waals surface area contributed by atoms with Gasteiger partial charge in [0.25, 0.3) is 0 Å². The number of nitrogens with zero attached hydrogens (tertiary/aromatic N) is 1. The van der Waals surface area contributed by atoms with Crippen LogP contribution in [0.25, 0.3) is 0 Å². The Morgan fingerprint density at radius 2 is 1.95 bits per heavy atom. The molecule has 0 spiro atoms. The SMILES string of the molecule is Cc1cc(CNC2CCC(NC(=O)OC(C)(C)C)CC2)no1. The molecular weight excluding hydrogens is 282 g/mol. The number of ether oxygens (including phenoxy) is 1. The predicted molar refractivity (Wildman–Crippen MR) is 83.5 cm³/mol. The zero-order valence-corrected chi connectivity index (χ0v) is 13.9. The molecule has 0 saturated heterocycles. The fraction of sp³-hybridized carbons (Fsp3) is 0.750. The van der Waals surface area contributed by atoms with E-state index in [9.17, 15) is 4.79 Å². The number of amides is 1. The highest BCUT2D eigenvalue weighted by Gasteiger charge is 2.24. The van der Waals surface area contributed by atoms with E-state index in [-0.39, 0.29) is 12.1 Å². The van der Waals surface area contributed by atoms with Crippen LogP contribution in [0, 0.1) is 6.92 Å². The second-order valence-corrected chi connectivity index (χ2v) is 7.00. The lowest BCUT2D eigenvalue weighted by Crippen LogP contribution is -2.43. The summed E-state index contributed by atoms with van der Waals surface area (Å²) in [6.45, 7) is 8.24. The molecule has 1 aromatic rings. The Bertz CT molecular complexity index is 485. The van der Waals surface area contributed by atoms with Crippen LogP contribution in [-0.4, -0.2) is 28.9 Å². The predicted octanol–water partition coefficient (Wildman–Crippen LogP) is 2.91. The van der Waals surface area contributed by atoms with Crippen molar-refractivity contribution in [2.75, 3.05) is 0 Å². The number of carbonyl (C=O) groups is 1. The molecule has 0 bridgehead atoms. The standard InChI is InChI=1S/C16H27N3O3/c1-11-9-14(19-22-11)10-17-12-5-7-13(8-6-12)18-15(20)21-16(2,3)4/h9,12-13,17H,5-8,10H2,1-4H3,(H,18,20). The molecule has 0 radical (unpaired) electrons. The summed E-state index contributed by atoms with van der Waals surface area (Å²) in [7, 11) is 0. The van der Waals surface area contributed by atoms with E-state index in [4.69, 9.17) is 9.26 Å². The third-order valence-electron chi connectivity index (χ3n) is 3.70. The fourth-order valence-electron chi connectivity index (χ4n) is 2.67. The van der Waals surface area contributed by atoms with Gasteiger partial charge in [0, 0.05) is 24.7 Å². The largest absolute Gasteiger partial charge is 0.444 e. The van der Waals surface area contributed by atoms with Crippen molar-refractivity contribution < 1.29 is 14.1 Å². The Labute approximate surface area is 132 Å². The van der Waals surface area contributed by atoms with Gasteiger partial charge in [0.1, 0.15) is 11.4 Å². The topological polar surface area (TPSA) is 76.4 Å². The number of rotatable bonds is 4. The maximum atomic E-state index is 11.8. The number of aryl methyl sites for hydroxylation is 1. The molecule has 0 aromatic carbocycles. The Hall–Kier alpha value is -1.56. The second-order valence-electron chi connectivity index (χ2n) is 7.00. The van der Waals surface area contributed by atoms with Crippen molar-refractivity contribution in [3.8, 4) is 0 Å². The van der Waals surface area contributed by atoms with Gasteiger partial charge in [-0.2, -0.15) is 0 Å². The van der Waals surface area contributed by atoms with Gasteiger partial charge < -0.3 is 19.9 Å². The van der Waals surface area contributed by atoms with Gasteiger partial charge >= 0.3 is 6.09 Å². The molecule has 2 rings (SSSR count). The van der Waals surface area contributed by atoms with Crippen LogP contribution in [0.1, 0.15) is 57.9 Å².